The van der Waals surface area contributed by atoms with Gasteiger partial charge in [0.15, 0.2) is 0 Å². The predicted octanol–water partition coefficient (Wildman–Crippen LogP) is 2.24. The first-order valence-electron chi connectivity index (χ1n) is 6.56. The zero-order valence-corrected chi connectivity index (χ0v) is 12.1. The molecule has 0 spiro atoms. The summed E-state index contributed by atoms with van der Waals surface area (Å²) in [4.78, 5) is 15.3. The first-order chi connectivity index (χ1) is 9.47. The maximum Gasteiger partial charge on any atom is 0.305 e. The van der Waals surface area contributed by atoms with Crippen LogP contribution in [-0.4, -0.2) is 54.1 Å². The summed E-state index contributed by atoms with van der Waals surface area (Å²) in [7, 11) is 2.02. The second-order valence-corrected chi connectivity index (χ2v) is 5.56. The Labute approximate surface area is 122 Å². The fourth-order valence-corrected chi connectivity index (χ4v) is 2.69. The average Bonchev–Trinajstić information content (AvgIpc) is 2.40. The summed E-state index contributed by atoms with van der Waals surface area (Å²) in [5.74, 6) is -1.34. The highest BCUT2D eigenvalue weighted by Crippen LogP contribution is 2.29. The van der Waals surface area contributed by atoms with Crippen molar-refractivity contribution in [1.82, 2.24) is 9.80 Å². The van der Waals surface area contributed by atoms with Crippen molar-refractivity contribution in [3.63, 3.8) is 0 Å². The number of halogens is 2. The fourth-order valence-electron chi connectivity index (χ4n) is 2.50. The van der Waals surface area contributed by atoms with E-state index in [-0.39, 0.29) is 6.42 Å². The Morgan fingerprint density at radius 3 is 2.65 bits per heavy atom. The number of hydrogen-bond acceptors (Lipinski definition) is 3. The Morgan fingerprint density at radius 2 is 2.05 bits per heavy atom. The molecule has 0 amide bonds. The molecule has 4 nitrogen and oxygen atoms in total. The van der Waals surface area contributed by atoms with E-state index in [1.807, 2.05) is 11.9 Å². The van der Waals surface area contributed by atoms with Gasteiger partial charge in [-0.25, -0.2) is 4.39 Å². The smallest absolute Gasteiger partial charge is 0.305 e. The highest BCUT2D eigenvalue weighted by Gasteiger charge is 2.28. The van der Waals surface area contributed by atoms with Crippen LogP contribution in [0.2, 0.25) is 5.02 Å². The number of aliphatic carboxylic acids is 1. The fraction of sp³-hybridized carbons (Fsp3) is 0.500. The second kappa shape index (κ2) is 6.52. The van der Waals surface area contributed by atoms with Crippen molar-refractivity contribution in [2.45, 2.75) is 12.5 Å². The monoisotopic (exact) mass is 300 g/mol. The second-order valence-electron chi connectivity index (χ2n) is 5.12. The Hall–Kier alpha value is -1.17. The van der Waals surface area contributed by atoms with Crippen molar-refractivity contribution < 1.29 is 14.3 Å². The van der Waals surface area contributed by atoms with Crippen molar-refractivity contribution in [1.29, 1.82) is 0 Å². The topological polar surface area (TPSA) is 43.8 Å². The third kappa shape index (κ3) is 3.69. The largest absolute Gasteiger partial charge is 0.481 e. The van der Waals surface area contributed by atoms with Crippen LogP contribution < -0.4 is 0 Å². The molecule has 110 valence electrons. The van der Waals surface area contributed by atoms with Crippen LogP contribution in [0.3, 0.4) is 0 Å². The first kappa shape index (κ1) is 15.2. The highest BCUT2D eigenvalue weighted by molar-refractivity contribution is 6.30. The molecule has 20 heavy (non-hydrogen) atoms. The third-order valence-corrected chi connectivity index (χ3v) is 3.90. The summed E-state index contributed by atoms with van der Waals surface area (Å²) in [5.41, 5.74) is 0.365. The molecule has 1 aromatic carbocycles. The molecule has 1 atom stereocenters. The standard InChI is InChI=1S/C14H18ClFN2O2/c1-17-4-6-18(7-5-17)13(9-14(19)20)11-8-10(15)2-3-12(11)16/h2-3,8,13H,4-7,9H2,1H3,(H,19,20). The molecular weight excluding hydrogens is 283 g/mol. The SMILES string of the molecule is CN1CCN(C(CC(=O)O)c2cc(Cl)ccc2F)CC1. The van der Waals surface area contributed by atoms with Crippen LogP contribution >= 0.6 is 11.6 Å². The van der Waals surface area contributed by atoms with Gasteiger partial charge in [-0.15, -0.1) is 0 Å². The van der Waals surface area contributed by atoms with E-state index in [0.717, 1.165) is 26.2 Å². The minimum absolute atomic E-state index is 0.124. The van der Waals surface area contributed by atoms with Crippen molar-refractivity contribution in [3.8, 4) is 0 Å². The molecule has 1 heterocycles. The number of benzene rings is 1. The van der Waals surface area contributed by atoms with E-state index in [0.29, 0.717) is 10.6 Å². The van der Waals surface area contributed by atoms with Crippen LogP contribution in [0.5, 0.6) is 0 Å². The molecule has 0 bridgehead atoms. The number of likely N-dealkylation sites (N-methyl/N-ethyl adjacent to an activating group) is 1. The average molecular weight is 301 g/mol. The van der Waals surface area contributed by atoms with Crippen molar-refractivity contribution >= 4 is 17.6 Å². The molecule has 0 saturated carbocycles. The van der Waals surface area contributed by atoms with Gasteiger partial charge in [-0.05, 0) is 25.2 Å². The summed E-state index contributed by atoms with van der Waals surface area (Å²) in [6.45, 7) is 3.14. The summed E-state index contributed by atoms with van der Waals surface area (Å²) in [6.07, 6.45) is -0.124. The first-order valence-corrected chi connectivity index (χ1v) is 6.94. The van der Waals surface area contributed by atoms with E-state index in [2.05, 4.69) is 4.90 Å². The number of nitrogens with zero attached hydrogens (tertiary/aromatic N) is 2. The lowest BCUT2D eigenvalue weighted by Crippen LogP contribution is -2.46. The molecule has 0 aromatic heterocycles. The minimum atomic E-state index is -0.937. The van der Waals surface area contributed by atoms with Crippen molar-refractivity contribution in [3.05, 3.63) is 34.6 Å². The molecule has 1 saturated heterocycles. The van der Waals surface area contributed by atoms with Gasteiger partial charge in [0.25, 0.3) is 0 Å². The van der Waals surface area contributed by atoms with E-state index >= 15 is 0 Å². The van der Waals surface area contributed by atoms with Crippen LogP contribution in [0, 0.1) is 5.82 Å². The Kier molecular flexibility index (Phi) is 4.96. The van der Waals surface area contributed by atoms with E-state index in [4.69, 9.17) is 16.7 Å². The molecular formula is C14H18ClFN2O2. The molecule has 1 aliphatic heterocycles. The summed E-state index contributed by atoms with van der Waals surface area (Å²) in [5, 5.41) is 9.52. The lowest BCUT2D eigenvalue weighted by Gasteiger charge is -2.37. The van der Waals surface area contributed by atoms with Crippen LogP contribution in [0.15, 0.2) is 18.2 Å². The maximum absolute atomic E-state index is 14.0. The normalized spacial score (nSPS) is 18.9. The number of carbonyl (C=O) groups is 1. The zero-order valence-electron chi connectivity index (χ0n) is 11.4. The van der Waals surface area contributed by atoms with Crippen molar-refractivity contribution in [2.24, 2.45) is 0 Å². The van der Waals surface area contributed by atoms with Crippen molar-refractivity contribution in [2.75, 3.05) is 33.2 Å². The third-order valence-electron chi connectivity index (χ3n) is 3.66. The van der Waals surface area contributed by atoms with E-state index in [1.54, 1.807) is 0 Å². The number of carboxylic acid groups (broad SMARTS) is 1. The molecule has 1 N–H and O–H groups in total. The summed E-state index contributed by atoms with van der Waals surface area (Å²) >= 11 is 5.92. The van der Waals surface area contributed by atoms with Crippen LogP contribution in [-0.2, 0) is 4.79 Å². The molecule has 1 aliphatic rings. The van der Waals surface area contributed by atoms with Crippen LogP contribution in [0.25, 0.3) is 0 Å². The Morgan fingerprint density at radius 1 is 1.40 bits per heavy atom. The zero-order chi connectivity index (χ0) is 14.7. The Bertz CT molecular complexity index is 490. The number of carboxylic acids is 1. The highest BCUT2D eigenvalue weighted by atomic mass is 35.5. The lowest BCUT2D eigenvalue weighted by molar-refractivity contribution is -0.138. The number of hydrogen-bond donors (Lipinski definition) is 1. The van der Waals surface area contributed by atoms with Gasteiger partial charge in [-0.3, -0.25) is 9.69 Å². The maximum atomic E-state index is 14.0. The van der Waals surface area contributed by atoms with E-state index < -0.39 is 17.8 Å². The quantitative estimate of drug-likeness (QED) is 0.926. The Balaban J connectivity index is 2.27. The summed E-state index contributed by atoms with van der Waals surface area (Å²) in [6, 6.07) is 3.83. The van der Waals surface area contributed by atoms with Gasteiger partial charge in [0.2, 0.25) is 0 Å². The summed E-state index contributed by atoms with van der Waals surface area (Å²) < 4.78 is 14.0. The van der Waals surface area contributed by atoms with Gasteiger partial charge in [0.1, 0.15) is 5.82 Å². The van der Waals surface area contributed by atoms with Crippen LogP contribution in [0.4, 0.5) is 4.39 Å². The van der Waals surface area contributed by atoms with Gasteiger partial charge in [0, 0.05) is 42.8 Å². The van der Waals surface area contributed by atoms with Crippen LogP contribution in [0.1, 0.15) is 18.0 Å². The van der Waals surface area contributed by atoms with Gasteiger partial charge >= 0.3 is 5.97 Å². The van der Waals surface area contributed by atoms with Gasteiger partial charge < -0.3 is 10.0 Å². The van der Waals surface area contributed by atoms with E-state index in [9.17, 15) is 9.18 Å². The minimum Gasteiger partial charge on any atom is -0.481 e. The molecule has 0 aliphatic carbocycles. The van der Waals surface area contributed by atoms with Gasteiger partial charge in [0.05, 0.1) is 6.42 Å². The predicted molar refractivity (Wildman–Crippen MR) is 75.5 cm³/mol. The lowest BCUT2D eigenvalue weighted by atomic mass is 10.0. The number of rotatable bonds is 4. The molecule has 6 heteroatoms. The van der Waals surface area contributed by atoms with E-state index in [1.165, 1.54) is 18.2 Å². The molecule has 1 fully saturated rings. The van der Waals surface area contributed by atoms with Gasteiger partial charge in [-0.1, -0.05) is 11.6 Å². The molecule has 1 aromatic rings. The number of piperazine rings is 1. The molecule has 2 rings (SSSR count). The molecule has 0 radical (unpaired) electrons. The molecule has 1 unspecified atom stereocenters. The van der Waals surface area contributed by atoms with Gasteiger partial charge in [-0.2, -0.15) is 0 Å².